The second kappa shape index (κ2) is 9.47. The molecular formula is C13H28ClN. The summed E-state index contributed by atoms with van der Waals surface area (Å²) in [6.45, 7) is 7.58. The molecule has 1 aliphatic rings. The Morgan fingerprint density at radius 1 is 1.07 bits per heavy atom. The lowest BCUT2D eigenvalue weighted by Gasteiger charge is -2.17. The summed E-state index contributed by atoms with van der Waals surface area (Å²) in [5, 5.41) is 0. The standard InChI is InChI=1S/C13H27N.ClH/c1-3-4-5-6-7-8-11-14-12-9-10-13(14)2;/h13H,3-12H2,1-2H3;1H. The van der Waals surface area contributed by atoms with Crippen molar-refractivity contribution in [3.05, 3.63) is 0 Å². The van der Waals surface area contributed by atoms with Crippen molar-refractivity contribution in [1.82, 2.24) is 0 Å². The number of nitrogens with one attached hydrogen (secondary N) is 1. The van der Waals surface area contributed by atoms with Gasteiger partial charge < -0.3 is 17.3 Å². The summed E-state index contributed by atoms with van der Waals surface area (Å²) in [4.78, 5) is 1.88. The fraction of sp³-hybridized carbons (Fsp3) is 1.00. The molecule has 0 aromatic heterocycles. The molecule has 1 N–H and O–H groups in total. The molecule has 0 radical (unpaired) electrons. The van der Waals surface area contributed by atoms with Crippen LogP contribution in [0.2, 0.25) is 0 Å². The summed E-state index contributed by atoms with van der Waals surface area (Å²) < 4.78 is 0. The van der Waals surface area contributed by atoms with Crippen molar-refractivity contribution in [2.45, 2.75) is 71.3 Å². The number of hydrogen-bond acceptors (Lipinski definition) is 0. The normalized spacial score (nSPS) is 25.2. The van der Waals surface area contributed by atoms with E-state index in [-0.39, 0.29) is 12.4 Å². The van der Waals surface area contributed by atoms with Gasteiger partial charge in [-0.15, -0.1) is 0 Å². The van der Waals surface area contributed by atoms with Gasteiger partial charge >= 0.3 is 0 Å². The summed E-state index contributed by atoms with van der Waals surface area (Å²) in [5.74, 6) is 0. The molecule has 0 aromatic carbocycles. The van der Waals surface area contributed by atoms with Crippen LogP contribution >= 0.6 is 0 Å². The summed E-state index contributed by atoms with van der Waals surface area (Å²) in [5.41, 5.74) is 0. The zero-order chi connectivity index (χ0) is 10.2. The maximum atomic E-state index is 2.42. The maximum Gasteiger partial charge on any atom is 0.0848 e. The highest BCUT2D eigenvalue weighted by Gasteiger charge is 2.22. The fourth-order valence-electron chi connectivity index (χ4n) is 2.59. The van der Waals surface area contributed by atoms with Crippen LogP contribution in [-0.2, 0) is 0 Å². The first-order chi connectivity index (χ1) is 6.84. The lowest BCUT2D eigenvalue weighted by Crippen LogP contribution is -3.13. The van der Waals surface area contributed by atoms with Gasteiger partial charge in [0.15, 0.2) is 0 Å². The zero-order valence-corrected chi connectivity index (χ0v) is 11.3. The van der Waals surface area contributed by atoms with Gasteiger partial charge in [0.05, 0.1) is 19.1 Å². The molecule has 15 heavy (non-hydrogen) atoms. The molecule has 1 heterocycles. The number of hydrogen-bond donors (Lipinski definition) is 1. The highest BCUT2D eigenvalue weighted by atomic mass is 35.5. The van der Waals surface area contributed by atoms with Gasteiger partial charge in [-0.2, -0.15) is 0 Å². The number of unbranched alkanes of at least 4 members (excludes halogenated alkanes) is 5. The van der Waals surface area contributed by atoms with Gasteiger partial charge in [0.2, 0.25) is 0 Å². The Bertz CT molecular complexity index is 138. The summed E-state index contributed by atoms with van der Waals surface area (Å²) in [6.07, 6.45) is 11.6. The number of rotatable bonds is 7. The second-order valence-corrected chi connectivity index (χ2v) is 4.97. The molecule has 2 heteroatoms. The Hall–Kier alpha value is 0.250. The smallest absolute Gasteiger partial charge is 0.0848 e. The molecule has 1 nitrogen and oxygen atoms in total. The van der Waals surface area contributed by atoms with Crippen molar-refractivity contribution in [3.63, 3.8) is 0 Å². The average Bonchev–Trinajstić information content (AvgIpc) is 2.58. The van der Waals surface area contributed by atoms with E-state index in [4.69, 9.17) is 0 Å². The SMILES string of the molecule is CCCCCCCC[NH+]1CCCC1C.[Cl-]. The predicted molar refractivity (Wildman–Crippen MR) is 62.8 cm³/mol. The Kier molecular flexibility index (Phi) is 9.63. The van der Waals surface area contributed by atoms with Crippen molar-refractivity contribution in [1.29, 1.82) is 0 Å². The molecule has 1 fully saturated rings. The van der Waals surface area contributed by atoms with Crippen LogP contribution in [0.15, 0.2) is 0 Å². The van der Waals surface area contributed by atoms with Crippen molar-refractivity contribution >= 4 is 0 Å². The van der Waals surface area contributed by atoms with Gasteiger partial charge in [0.25, 0.3) is 0 Å². The van der Waals surface area contributed by atoms with Crippen molar-refractivity contribution in [2.75, 3.05) is 13.1 Å². The predicted octanol–water partition coefficient (Wildman–Crippen LogP) is -0.582. The lowest BCUT2D eigenvalue weighted by molar-refractivity contribution is -0.910. The Morgan fingerprint density at radius 3 is 2.33 bits per heavy atom. The van der Waals surface area contributed by atoms with Crippen LogP contribution in [0, 0.1) is 0 Å². The van der Waals surface area contributed by atoms with E-state index in [2.05, 4.69) is 13.8 Å². The van der Waals surface area contributed by atoms with E-state index in [1.165, 1.54) is 64.5 Å². The van der Waals surface area contributed by atoms with Gasteiger partial charge in [0.1, 0.15) is 0 Å². The quantitative estimate of drug-likeness (QED) is 0.562. The number of halogens is 1. The van der Waals surface area contributed by atoms with Crippen LogP contribution < -0.4 is 17.3 Å². The number of likely N-dealkylation sites (tertiary alicyclic amines) is 1. The largest absolute Gasteiger partial charge is 1.00 e. The molecule has 0 saturated carbocycles. The highest BCUT2D eigenvalue weighted by molar-refractivity contribution is 4.56. The van der Waals surface area contributed by atoms with Crippen molar-refractivity contribution in [3.8, 4) is 0 Å². The molecule has 0 aromatic rings. The lowest BCUT2D eigenvalue weighted by atomic mass is 10.1. The molecule has 1 rings (SSSR count). The maximum absolute atomic E-state index is 2.42. The Labute approximate surface area is 102 Å². The van der Waals surface area contributed by atoms with Gasteiger partial charge in [0, 0.05) is 12.8 Å². The van der Waals surface area contributed by atoms with Crippen molar-refractivity contribution < 1.29 is 17.3 Å². The third-order valence-corrected chi connectivity index (χ3v) is 3.68. The second-order valence-electron chi connectivity index (χ2n) is 4.97. The molecule has 1 saturated heterocycles. The molecule has 0 aliphatic carbocycles. The van der Waals surface area contributed by atoms with E-state index in [1.54, 1.807) is 0 Å². The molecule has 92 valence electrons. The van der Waals surface area contributed by atoms with Crippen molar-refractivity contribution in [2.24, 2.45) is 0 Å². The molecule has 2 unspecified atom stereocenters. The van der Waals surface area contributed by atoms with E-state index in [0.29, 0.717) is 0 Å². The molecule has 0 amide bonds. The van der Waals surface area contributed by atoms with E-state index in [9.17, 15) is 0 Å². The first-order valence-corrected chi connectivity index (χ1v) is 6.69. The summed E-state index contributed by atoms with van der Waals surface area (Å²) in [7, 11) is 0. The molecule has 1 aliphatic heterocycles. The first kappa shape index (κ1) is 15.2. The third kappa shape index (κ3) is 6.42. The van der Waals surface area contributed by atoms with E-state index in [1.807, 2.05) is 4.90 Å². The minimum atomic E-state index is 0. The zero-order valence-electron chi connectivity index (χ0n) is 10.5. The molecule has 0 spiro atoms. The van der Waals surface area contributed by atoms with Gasteiger partial charge in [-0.05, 0) is 19.8 Å². The Morgan fingerprint density at radius 2 is 1.73 bits per heavy atom. The van der Waals surface area contributed by atoms with Crippen LogP contribution in [0.25, 0.3) is 0 Å². The summed E-state index contributed by atoms with van der Waals surface area (Å²) >= 11 is 0. The average molecular weight is 234 g/mol. The topological polar surface area (TPSA) is 4.44 Å². The summed E-state index contributed by atoms with van der Waals surface area (Å²) in [6, 6.07) is 0.950. The van der Waals surface area contributed by atoms with Crippen LogP contribution in [0.5, 0.6) is 0 Å². The first-order valence-electron chi connectivity index (χ1n) is 6.69. The van der Waals surface area contributed by atoms with Crippen LogP contribution in [0.3, 0.4) is 0 Å². The highest BCUT2D eigenvalue weighted by Crippen LogP contribution is 2.04. The van der Waals surface area contributed by atoms with Gasteiger partial charge in [-0.1, -0.05) is 32.6 Å². The van der Waals surface area contributed by atoms with Gasteiger partial charge in [-0.3, -0.25) is 0 Å². The minimum Gasteiger partial charge on any atom is -1.00 e. The molecule has 2 atom stereocenters. The van der Waals surface area contributed by atoms with E-state index >= 15 is 0 Å². The van der Waals surface area contributed by atoms with E-state index in [0.717, 1.165) is 6.04 Å². The monoisotopic (exact) mass is 233 g/mol. The van der Waals surface area contributed by atoms with Gasteiger partial charge in [-0.25, -0.2) is 0 Å². The molecule has 0 bridgehead atoms. The van der Waals surface area contributed by atoms with Crippen LogP contribution in [0.4, 0.5) is 0 Å². The number of quaternary nitrogens is 1. The molecular weight excluding hydrogens is 206 g/mol. The van der Waals surface area contributed by atoms with Crippen LogP contribution in [0.1, 0.15) is 65.2 Å². The fourth-order valence-corrected chi connectivity index (χ4v) is 2.59. The minimum absolute atomic E-state index is 0. The Balaban J connectivity index is 0.00000196. The third-order valence-electron chi connectivity index (χ3n) is 3.68. The van der Waals surface area contributed by atoms with E-state index < -0.39 is 0 Å². The van der Waals surface area contributed by atoms with Crippen LogP contribution in [-0.4, -0.2) is 19.1 Å².